The Morgan fingerprint density at radius 1 is 1.14 bits per heavy atom. The quantitative estimate of drug-likeness (QED) is 0.597. The summed E-state index contributed by atoms with van der Waals surface area (Å²) in [6.07, 6.45) is 2.63. The zero-order valence-corrected chi connectivity index (χ0v) is 18.1. The van der Waals surface area contributed by atoms with Crippen molar-refractivity contribution in [2.24, 2.45) is 5.92 Å². The summed E-state index contributed by atoms with van der Waals surface area (Å²) in [5.74, 6) is 2.61. The molecule has 1 saturated heterocycles. The maximum absolute atomic E-state index is 12.3. The van der Waals surface area contributed by atoms with E-state index < -0.39 is 0 Å². The van der Waals surface area contributed by atoms with E-state index >= 15 is 0 Å². The van der Waals surface area contributed by atoms with Crippen LogP contribution in [0.1, 0.15) is 41.3 Å². The zero-order chi connectivity index (χ0) is 19.8. The topological polar surface area (TPSA) is 32.3 Å². The number of thioether (sulfide) groups is 1. The van der Waals surface area contributed by atoms with Gasteiger partial charge in [-0.05, 0) is 60.7 Å². The Balaban J connectivity index is 1.36. The predicted molar refractivity (Wildman–Crippen MR) is 120 cm³/mol. The van der Waals surface area contributed by atoms with Crippen molar-refractivity contribution >= 4 is 29.3 Å². The summed E-state index contributed by atoms with van der Waals surface area (Å²) in [6, 6.07) is 16.0. The average molecular weight is 417 g/mol. The molecule has 1 fully saturated rings. The van der Waals surface area contributed by atoms with Crippen molar-refractivity contribution in [2.45, 2.75) is 32.1 Å². The summed E-state index contributed by atoms with van der Waals surface area (Å²) in [7, 11) is 0. The highest BCUT2D eigenvalue weighted by atomic mass is 35.5. The van der Waals surface area contributed by atoms with Crippen LogP contribution >= 0.6 is 23.4 Å². The van der Waals surface area contributed by atoms with E-state index in [1.807, 2.05) is 48.2 Å². The molecule has 1 atom stereocenters. The molecule has 0 bridgehead atoms. The van der Waals surface area contributed by atoms with Crippen molar-refractivity contribution in [3.05, 3.63) is 70.2 Å². The van der Waals surface area contributed by atoms with Gasteiger partial charge in [-0.2, -0.15) is 11.8 Å². The molecule has 2 aromatic rings. The lowest BCUT2D eigenvalue weighted by atomic mass is 9.99. The summed E-state index contributed by atoms with van der Waals surface area (Å²) in [5.41, 5.74) is 3.27. The van der Waals surface area contributed by atoms with Crippen molar-refractivity contribution in [1.29, 1.82) is 0 Å². The minimum Gasteiger partial charge on any atom is -0.351 e. The van der Waals surface area contributed by atoms with Gasteiger partial charge in [-0.15, -0.1) is 0 Å². The summed E-state index contributed by atoms with van der Waals surface area (Å²) < 4.78 is 0. The number of carbonyl (C=O) groups excluding carboxylic acids is 1. The van der Waals surface area contributed by atoms with Gasteiger partial charge >= 0.3 is 0 Å². The highest BCUT2D eigenvalue weighted by Crippen LogP contribution is 2.18. The smallest absolute Gasteiger partial charge is 0.251 e. The van der Waals surface area contributed by atoms with E-state index in [1.54, 1.807) is 0 Å². The molecule has 0 saturated carbocycles. The normalized spacial score (nSPS) is 17.4. The molecule has 0 aliphatic carbocycles. The van der Waals surface area contributed by atoms with E-state index in [9.17, 15) is 4.79 Å². The Morgan fingerprint density at radius 3 is 2.57 bits per heavy atom. The van der Waals surface area contributed by atoms with Gasteiger partial charge < -0.3 is 5.32 Å². The Labute approximate surface area is 177 Å². The fourth-order valence-electron chi connectivity index (χ4n) is 3.56. The minimum absolute atomic E-state index is 0.00485. The molecule has 0 radical (unpaired) electrons. The molecule has 5 heteroatoms. The minimum atomic E-state index is 0.00485. The summed E-state index contributed by atoms with van der Waals surface area (Å²) in [5, 5.41) is 3.77. The third-order valence-electron chi connectivity index (χ3n) is 5.08. The molecular formula is C23H29ClN2OS. The van der Waals surface area contributed by atoms with Gasteiger partial charge in [0.1, 0.15) is 0 Å². The summed E-state index contributed by atoms with van der Waals surface area (Å²) in [4.78, 5) is 14.8. The second-order valence-corrected chi connectivity index (χ2v) is 9.16. The zero-order valence-electron chi connectivity index (χ0n) is 16.5. The fourth-order valence-corrected chi connectivity index (χ4v) is 4.50. The molecule has 1 amide bonds. The predicted octanol–water partition coefficient (Wildman–Crippen LogP) is 5.24. The Morgan fingerprint density at radius 2 is 1.86 bits per heavy atom. The fraction of sp³-hybridized carbons (Fsp3) is 0.435. The van der Waals surface area contributed by atoms with Gasteiger partial charge in [-0.3, -0.25) is 9.69 Å². The molecule has 3 rings (SSSR count). The van der Waals surface area contributed by atoms with Crippen LogP contribution < -0.4 is 5.32 Å². The Kier molecular flexibility index (Phi) is 8.26. The molecule has 3 nitrogen and oxygen atoms in total. The van der Waals surface area contributed by atoms with E-state index in [4.69, 9.17) is 11.6 Å². The molecule has 1 aliphatic rings. The molecule has 0 aromatic heterocycles. The molecule has 1 heterocycles. The van der Waals surface area contributed by atoms with Gasteiger partial charge in [0.2, 0.25) is 0 Å². The van der Waals surface area contributed by atoms with Crippen LogP contribution in [0.3, 0.4) is 0 Å². The molecule has 0 spiro atoms. The number of hydrogen-bond acceptors (Lipinski definition) is 3. The first-order valence-electron chi connectivity index (χ1n) is 10.0. The van der Waals surface area contributed by atoms with Crippen LogP contribution in [0.2, 0.25) is 5.02 Å². The largest absolute Gasteiger partial charge is 0.351 e. The van der Waals surface area contributed by atoms with Crippen molar-refractivity contribution in [2.75, 3.05) is 25.4 Å². The number of nitrogens with zero attached hydrogens (tertiary/aromatic N) is 1. The second kappa shape index (κ2) is 10.9. The van der Waals surface area contributed by atoms with Crippen LogP contribution in [0.4, 0.5) is 0 Å². The third-order valence-corrected chi connectivity index (χ3v) is 6.36. The highest BCUT2D eigenvalue weighted by molar-refractivity contribution is 7.98. The first-order valence-corrected chi connectivity index (χ1v) is 11.5. The molecular weight excluding hydrogens is 388 g/mol. The number of nitrogens with one attached hydrogen (secondary N) is 1. The lowest BCUT2D eigenvalue weighted by Crippen LogP contribution is -2.33. The summed E-state index contributed by atoms with van der Waals surface area (Å²) >= 11 is 7.70. The molecule has 28 heavy (non-hydrogen) atoms. The maximum Gasteiger partial charge on any atom is 0.251 e. The lowest BCUT2D eigenvalue weighted by Gasteiger charge is -2.30. The molecule has 1 aliphatic heterocycles. The number of halogens is 1. The Bertz CT molecular complexity index is 748. The Hall–Kier alpha value is -1.49. The van der Waals surface area contributed by atoms with E-state index in [0.717, 1.165) is 34.6 Å². The van der Waals surface area contributed by atoms with Crippen LogP contribution in [0.5, 0.6) is 0 Å². The molecule has 0 unspecified atom stereocenters. The van der Waals surface area contributed by atoms with E-state index in [-0.39, 0.29) is 5.91 Å². The van der Waals surface area contributed by atoms with Gasteiger partial charge in [0.15, 0.2) is 0 Å². The van der Waals surface area contributed by atoms with Gasteiger partial charge in [0, 0.05) is 41.7 Å². The number of piperidine rings is 1. The van der Waals surface area contributed by atoms with Crippen LogP contribution in [0.25, 0.3) is 0 Å². The monoisotopic (exact) mass is 416 g/mol. The van der Waals surface area contributed by atoms with Crippen LogP contribution in [-0.2, 0) is 12.3 Å². The lowest BCUT2D eigenvalue weighted by molar-refractivity contribution is 0.0956. The van der Waals surface area contributed by atoms with Crippen LogP contribution in [0.15, 0.2) is 48.5 Å². The van der Waals surface area contributed by atoms with Gasteiger partial charge in [0.05, 0.1) is 0 Å². The maximum atomic E-state index is 12.3. The number of amides is 1. The first-order chi connectivity index (χ1) is 13.6. The molecule has 2 aromatic carbocycles. The van der Waals surface area contributed by atoms with Crippen molar-refractivity contribution in [3.63, 3.8) is 0 Å². The highest BCUT2D eigenvalue weighted by Gasteiger charge is 2.16. The average Bonchev–Trinajstić information content (AvgIpc) is 2.69. The third kappa shape index (κ3) is 6.84. The SMILES string of the molecule is C[C@H]1CCCN(Cc2ccc(C(=O)NCCSCc3ccc(Cl)cc3)cc2)C1. The van der Waals surface area contributed by atoms with Crippen LogP contribution in [0, 0.1) is 5.92 Å². The van der Waals surface area contributed by atoms with Crippen molar-refractivity contribution in [3.8, 4) is 0 Å². The molecule has 1 N–H and O–H groups in total. The van der Waals surface area contributed by atoms with Gasteiger partial charge in [-0.25, -0.2) is 0 Å². The first kappa shape index (κ1) is 21.2. The number of hydrogen-bond donors (Lipinski definition) is 1. The van der Waals surface area contributed by atoms with Crippen molar-refractivity contribution in [1.82, 2.24) is 10.2 Å². The standard InChI is InChI=1S/C23H29ClN2OS/c1-18-3-2-13-26(15-18)16-19-4-8-21(9-5-19)23(27)25-12-14-28-17-20-6-10-22(24)11-7-20/h4-11,18H,2-3,12-17H2,1H3,(H,25,27)/t18-/m0/s1. The second-order valence-electron chi connectivity index (χ2n) is 7.61. The number of rotatable bonds is 8. The van der Waals surface area contributed by atoms with Crippen LogP contribution in [-0.4, -0.2) is 36.2 Å². The molecule has 150 valence electrons. The number of likely N-dealkylation sites (tertiary alicyclic amines) is 1. The van der Waals surface area contributed by atoms with E-state index in [0.29, 0.717) is 6.54 Å². The number of benzene rings is 2. The van der Waals surface area contributed by atoms with Gasteiger partial charge in [0.25, 0.3) is 5.91 Å². The van der Waals surface area contributed by atoms with Crippen molar-refractivity contribution < 1.29 is 4.79 Å². The van der Waals surface area contributed by atoms with Gasteiger partial charge in [-0.1, -0.05) is 42.8 Å². The van der Waals surface area contributed by atoms with E-state index in [1.165, 1.54) is 37.1 Å². The summed E-state index contributed by atoms with van der Waals surface area (Å²) in [6.45, 7) is 6.33. The van der Waals surface area contributed by atoms with E-state index in [2.05, 4.69) is 29.3 Å². The number of carbonyl (C=O) groups is 1.